The number of carbonyl (C=O) groups excluding carboxylic acids is 1. The summed E-state index contributed by atoms with van der Waals surface area (Å²) in [6.45, 7) is 1.96. The van der Waals surface area contributed by atoms with Gasteiger partial charge in [-0.15, -0.1) is 0 Å². The summed E-state index contributed by atoms with van der Waals surface area (Å²) in [4.78, 5) is 25.2. The second-order valence-corrected chi connectivity index (χ2v) is 7.66. The molecule has 33 heavy (non-hydrogen) atoms. The Bertz CT molecular complexity index is 1570. The number of fused-ring (bicyclic) bond motifs is 1. The Morgan fingerprint density at radius 1 is 1.06 bits per heavy atom. The van der Waals surface area contributed by atoms with Crippen LogP contribution in [0.1, 0.15) is 21.6 Å². The Hall–Kier alpha value is -4.52. The molecule has 0 atom stereocenters. The van der Waals surface area contributed by atoms with Gasteiger partial charge in [0.05, 0.1) is 11.9 Å². The van der Waals surface area contributed by atoms with Crippen LogP contribution in [0.4, 0.5) is 0 Å². The summed E-state index contributed by atoms with van der Waals surface area (Å²) in [5.41, 5.74) is 3.90. The first-order valence-corrected chi connectivity index (χ1v) is 10.4. The number of hydrogen-bond acceptors (Lipinski definition) is 5. The molecule has 3 heterocycles. The van der Waals surface area contributed by atoms with Gasteiger partial charge in [-0.05, 0) is 43.3 Å². The largest absolute Gasteiger partial charge is 0.422 e. The Kier molecular flexibility index (Phi) is 5.06. The molecule has 0 N–H and O–H groups in total. The van der Waals surface area contributed by atoms with E-state index in [1.165, 1.54) is 6.08 Å². The third kappa shape index (κ3) is 3.80. The molecule has 5 aromatic rings. The number of aryl methyl sites for hydroxylation is 1. The molecule has 0 fully saturated rings. The van der Waals surface area contributed by atoms with E-state index in [0.29, 0.717) is 16.7 Å². The van der Waals surface area contributed by atoms with Gasteiger partial charge >= 0.3 is 5.63 Å². The Morgan fingerprint density at radius 3 is 2.58 bits per heavy atom. The number of hydrogen-bond donors (Lipinski definition) is 0. The van der Waals surface area contributed by atoms with Crippen LogP contribution in [0.3, 0.4) is 0 Å². The average Bonchev–Trinajstić information content (AvgIpc) is 3.40. The molecular formula is C26H20N4O3. The molecule has 0 amide bonds. The fraction of sp³-hybridized carbons (Fsp3) is 0.0769. The van der Waals surface area contributed by atoms with Gasteiger partial charge in [0.25, 0.3) is 0 Å². The number of ketones is 1. The lowest BCUT2D eigenvalue weighted by Gasteiger charge is -2.00. The summed E-state index contributed by atoms with van der Waals surface area (Å²) in [5.74, 6) is -0.434. The minimum absolute atomic E-state index is 0.0143. The summed E-state index contributed by atoms with van der Waals surface area (Å²) >= 11 is 0. The molecule has 0 spiro atoms. The molecule has 0 aliphatic rings. The minimum Gasteiger partial charge on any atom is -0.422 e. The van der Waals surface area contributed by atoms with Gasteiger partial charge in [-0.3, -0.25) is 9.48 Å². The normalized spacial score (nSPS) is 11.5. The van der Waals surface area contributed by atoms with E-state index in [1.54, 1.807) is 45.9 Å². The van der Waals surface area contributed by atoms with Crippen LogP contribution in [-0.4, -0.2) is 25.3 Å². The van der Waals surface area contributed by atoms with Crippen LogP contribution in [0.5, 0.6) is 0 Å². The first-order chi connectivity index (χ1) is 16.0. The molecule has 0 aliphatic carbocycles. The Balaban J connectivity index is 1.56. The number of para-hydroxylation sites is 2. The van der Waals surface area contributed by atoms with Crippen LogP contribution in [0.2, 0.25) is 0 Å². The molecule has 0 saturated heterocycles. The zero-order valence-corrected chi connectivity index (χ0v) is 18.1. The van der Waals surface area contributed by atoms with Crippen molar-refractivity contribution < 1.29 is 9.21 Å². The monoisotopic (exact) mass is 436 g/mol. The SMILES string of the molecule is Cc1c(-c2nn(-c3ccccc3)cc2C=CC(=O)c2cc3ccccc3oc2=O)cnn1C. The molecular weight excluding hydrogens is 416 g/mol. The highest BCUT2D eigenvalue weighted by atomic mass is 16.4. The van der Waals surface area contributed by atoms with Crippen LogP contribution in [0.15, 0.2) is 88.3 Å². The van der Waals surface area contributed by atoms with Gasteiger partial charge in [0.15, 0.2) is 5.78 Å². The molecule has 2 aromatic carbocycles. The number of rotatable bonds is 5. The van der Waals surface area contributed by atoms with E-state index < -0.39 is 11.4 Å². The molecule has 7 nitrogen and oxygen atoms in total. The van der Waals surface area contributed by atoms with Gasteiger partial charge < -0.3 is 4.42 Å². The van der Waals surface area contributed by atoms with E-state index in [1.807, 2.05) is 56.6 Å². The van der Waals surface area contributed by atoms with Crippen molar-refractivity contribution in [1.82, 2.24) is 19.6 Å². The molecule has 0 bridgehead atoms. The lowest BCUT2D eigenvalue weighted by atomic mass is 10.1. The van der Waals surface area contributed by atoms with Crippen molar-refractivity contribution in [3.8, 4) is 16.9 Å². The van der Waals surface area contributed by atoms with E-state index in [4.69, 9.17) is 9.52 Å². The highest BCUT2D eigenvalue weighted by molar-refractivity contribution is 6.08. The molecule has 162 valence electrons. The van der Waals surface area contributed by atoms with Gasteiger partial charge in [0.1, 0.15) is 16.8 Å². The second-order valence-electron chi connectivity index (χ2n) is 7.66. The summed E-state index contributed by atoms with van der Waals surface area (Å²) in [6, 6.07) is 18.4. The van der Waals surface area contributed by atoms with Crippen molar-refractivity contribution in [2.75, 3.05) is 0 Å². The van der Waals surface area contributed by atoms with Crippen molar-refractivity contribution in [2.24, 2.45) is 7.05 Å². The molecule has 0 aliphatic heterocycles. The number of carbonyl (C=O) groups is 1. The second kappa shape index (κ2) is 8.20. The highest BCUT2D eigenvalue weighted by Gasteiger charge is 2.16. The van der Waals surface area contributed by atoms with E-state index in [2.05, 4.69) is 5.10 Å². The maximum atomic E-state index is 12.9. The van der Waals surface area contributed by atoms with Crippen LogP contribution in [-0.2, 0) is 7.05 Å². The number of aromatic nitrogens is 4. The lowest BCUT2D eigenvalue weighted by Crippen LogP contribution is -2.11. The number of benzene rings is 2. The molecule has 0 radical (unpaired) electrons. The van der Waals surface area contributed by atoms with Crippen LogP contribution >= 0.6 is 0 Å². The standard InChI is InChI=1S/C26H20N4O3/c1-17-22(15-27-29(17)2)25-19(16-30(28-25)20-9-4-3-5-10-20)12-13-23(31)21-14-18-8-6-7-11-24(18)33-26(21)32/h3-16H,1-2H3. The smallest absolute Gasteiger partial charge is 0.347 e. The van der Waals surface area contributed by atoms with Gasteiger partial charge in [-0.1, -0.05) is 36.4 Å². The Labute approximate surface area is 189 Å². The van der Waals surface area contributed by atoms with Crippen molar-refractivity contribution >= 4 is 22.8 Å². The molecule has 3 aromatic heterocycles. The predicted octanol–water partition coefficient (Wildman–Crippen LogP) is 4.58. The summed E-state index contributed by atoms with van der Waals surface area (Å²) in [6.07, 6.45) is 6.65. The maximum Gasteiger partial charge on any atom is 0.347 e. The highest BCUT2D eigenvalue weighted by Crippen LogP contribution is 2.27. The molecule has 5 rings (SSSR count). The Morgan fingerprint density at radius 2 is 1.82 bits per heavy atom. The van der Waals surface area contributed by atoms with E-state index in [0.717, 1.165) is 22.5 Å². The minimum atomic E-state index is -0.661. The number of nitrogens with zero attached hydrogens (tertiary/aromatic N) is 4. The molecule has 0 saturated carbocycles. The summed E-state index contributed by atoms with van der Waals surface area (Å²) < 4.78 is 8.84. The fourth-order valence-corrected chi connectivity index (χ4v) is 3.65. The predicted molar refractivity (Wildman–Crippen MR) is 126 cm³/mol. The molecule has 0 unspecified atom stereocenters. The van der Waals surface area contributed by atoms with Crippen LogP contribution < -0.4 is 5.63 Å². The van der Waals surface area contributed by atoms with Gasteiger partial charge in [0, 0.05) is 35.5 Å². The zero-order valence-electron chi connectivity index (χ0n) is 18.1. The fourth-order valence-electron chi connectivity index (χ4n) is 3.65. The van der Waals surface area contributed by atoms with Crippen LogP contribution in [0, 0.1) is 6.92 Å². The van der Waals surface area contributed by atoms with Crippen LogP contribution in [0.25, 0.3) is 34.0 Å². The number of allylic oxidation sites excluding steroid dienone is 1. The van der Waals surface area contributed by atoms with Crippen molar-refractivity contribution in [3.63, 3.8) is 0 Å². The summed E-state index contributed by atoms with van der Waals surface area (Å²) in [5, 5.41) is 9.77. The maximum absolute atomic E-state index is 12.9. The van der Waals surface area contributed by atoms with Crippen molar-refractivity contribution in [2.45, 2.75) is 6.92 Å². The molecule has 7 heteroatoms. The van der Waals surface area contributed by atoms with Crippen molar-refractivity contribution in [3.05, 3.63) is 106 Å². The van der Waals surface area contributed by atoms with E-state index in [9.17, 15) is 9.59 Å². The zero-order chi connectivity index (χ0) is 22.9. The first kappa shape index (κ1) is 20.4. The van der Waals surface area contributed by atoms with Gasteiger partial charge in [-0.2, -0.15) is 10.2 Å². The van der Waals surface area contributed by atoms with E-state index in [-0.39, 0.29) is 5.56 Å². The first-order valence-electron chi connectivity index (χ1n) is 10.4. The van der Waals surface area contributed by atoms with Gasteiger partial charge in [-0.25, -0.2) is 9.48 Å². The average molecular weight is 436 g/mol. The third-order valence-electron chi connectivity index (χ3n) is 5.57. The van der Waals surface area contributed by atoms with Gasteiger partial charge in [0.2, 0.25) is 0 Å². The van der Waals surface area contributed by atoms with E-state index >= 15 is 0 Å². The third-order valence-corrected chi connectivity index (χ3v) is 5.57. The quantitative estimate of drug-likeness (QED) is 0.229. The van der Waals surface area contributed by atoms with Crippen molar-refractivity contribution in [1.29, 1.82) is 0 Å². The summed E-state index contributed by atoms with van der Waals surface area (Å²) in [7, 11) is 1.87. The topological polar surface area (TPSA) is 82.9 Å². The lowest BCUT2D eigenvalue weighted by molar-refractivity contribution is 0.104.